The molecular weight excluding hydrogens is 563 g/mol. The van der Waals surface area contributed by atoms with Crippen LogP contribution in [-0.2, 0) is 22.6 Å². The van der Waals surface area contributed by atoms with E-state index in [0.29, 0.717) is 17.2 Å². The summed E-state index contributed by atoms with van der Waals surface area (Å²) in [6, 6.07) is 23.7. The number of hydrogen-bond donors (Lipinski definition) is 1. The second kappa shape index (κ2) is 12.8. The molecule has 0 saturated carbocycles. The predicted molar refractivity (Wildman–Crippen MR) is 144 cm³/mol. The fourth-order valence-electron chi connectivity index (χ4n) is 3.48. The molecule has 0 unspecified atom stereocenters. The van der Waals surface area contributed by atoms with Crippen LogP contribution in [0.1, 0.15) is 25.0 Å². The molecule has 0 bridgehead atoms. The summed E-state index contributed by atoms with van der Waals surface area (Å²) < 4.78 is 6.85. The van der Waals surface area contributed by atoms with Crippen molar-refractivity contribution in [3.05, 3.63) is 98.6 Å². The molecule has 1 N–H and O–H groups in total. The molecule has 0 fully saturated rings. The maximum atomic E-state index is 13.5. The lowest BCUT2D eigenvalue weighted by molar-refractivity contribution is -0.143. The van der Waals surface area contributed by atoms with Gasteiger partial charge in [-0.15, -0.1) is 0 Å². The van der Waals surface area contributed by atoms with Gasteiger partial charge in [0.15, 0.2) is 6.61 Å². The fraction of sp³-hybridized carbons (Fsp3) is 0.259. The van der Waals surface area contributed by atoms with Gasteiger partial charge in [-0.25, -0.2) is 0 Å². The first-order valence-electron chi connectivity index (χ1n) is 11.1. The molecule has 0 aliphatic carbocycles. The van der Waals surface area contributed by atoms with Crippen molar-refractivity contribution >= 4 is 46.0 Å². The second-order valence-electron chi connectivity index (χ2n) is 8.26. The summed E-state index contributed by atoms with van der Waals surface area (Å²) in [5.74, 6) is 0.134. The molecule has 0 aromatic heterocycles. The monoisotopic (exact) mass is 590 g/mol. The molecule has 0 spiro atoms. The van der Waals surface area contributed by atoms with Gasteiger partial charge in [0, 0.05) is 27.6 Å². The van der Waals surface area contributed by atoms with Gasteiger partial charge in [0.05, 0.1) is 0 Å². The number of carbonyl (C=O) groups excluding carboxylic acids is 2. The Morgan fingerprint density at radius 2 is 1.59 bits per heavy atom. The number of amides is 2. The van der Waals surface area contributed by atoms with Gasteiger partial charge >= 0.3 is 0 Å². The molecule has 0 heterocycles. The lowest BCUT2D eigenvalue weighted by Crippen LogP contribution is -2.52. The summed E-state index contributed by atoms with van der Waals surface area (Å²) in [6.07, 6.45) is 0.391. The first-order valence-corrected chi connectivity index (χ1v) is 12.5. The van der Waals surface area contributed by atoms with Crippen molar-refractivity contribution in [3.8, 4) is 5.75 Å². The maximum Gasteiger partial charge on any atom is 0.261 e. The van der Waals surface area contributed by atoms with Crippen LogP contribution in [-0.4, -0.2) is 35.4 Å². The molecule has 7 heteroatoms. The highest BCUT2D eigenvalue weighted by Crippen LogP contribution is 2.18. The predicted octanol–water partition coefficient (Wildman–Crippen LogP) is 5.49. The molecule has 0 saturated heterocycles. The van der Waals surface area contributed by atoms with E-state index >= 15 is 0 Å². The molecule has 34 heavy (non-hydrogen) atoms. The van der Waals surface area contributed by atoms with E-state index in [1.807, 2.05) is 80.6 Å². The fourth-order valence-corrected chi connectivity index (χ4v) is 3.97. The minimum Gasteiger partial charge on any atom is -0.484 e. The summed E-state index contributed by atoms with van der Waals surface area (Å²) in [7, 11) is 0. The van der Waals surface area contributed by atoms with E-state index < -0.39 is 6.04 Å². The molecule has 3 aromatic rings. The standard InChI is InChI=1S/C27H28ClIN2O3/c1-19(2)30-27(33)25(16-20-6-4-3-5-7-20)31(17-21-8-10-22(28)11-9-21)26(32)18-34-24-14-12-23(29)13-15-24/h3-15,19,25H,16-18H2,1-2H3,(H,30,33)/t25-/m1/s1. The van der Waals surface area contributed by atoms with E-state index in [2.05, 4.69) is 27.9 Å². The topological polar surface area (TPSA) is 58.6 Å². The van der Waals surface area contributed by atoms with Crippen LogP contribution in [0.3, 0.4) is 0 Å². The zero-order valence-corrected chi connectivity index (χ0v) is 22.1. The van der Waals surface area contributed by atoms with Gasteiger partial charge in [0.1, 0.15) is 11.8 Å². The number of carbonyl (C=O) groups is 2. The van der Waals surface area contributed by atoms with Crippen LogP contribution in [0.2, 0.25) is 5.02 Å². The Labute approximate surface area is 219 Å². The van der Waals surface area contributed by atoms with E-state index in [9.17, 15) is 9.59 Å². The van der Waals surface area contributed by atoms with Gasteiger partial charge in [-0.3, -0.25) is 9.59 Å². The Kier molecular flexibility index (Phi) is 9.77. The van der Waals surface area contributed by atoms with E-state index in [1.165, 1.54) is 0 Å². The Morgan fingerprint density at radius 3 is 2.21 bits per heavy atom. The van der Waals surface area contributed by atoms with E-state index in [4.69, 9.17) is 16.3 Å². The second-order valence-corrected chi connectivity index (χ2v) is 9.94. The van der Waals surface area contributed by atoms with Crippen LogP contribution in [0, 0.1) is 3.57 Å². The van der Waals surface area contributed by atoms with Crippen molar-refractivity contribution in [2.75, 3.05) is 6.61 Å². The van der Waals surface area contributed by atoms with Crippen LogP contribution in [0.15, 0.2) is 78.9 Å². The van der Waals surface area contributed by atoms with Gasteiger partial charge in [-0.05, 0) is 84.0 Å². The zero-order chi connectivity index (χ0) is 24.5. The molecular formula is C27H28ClIN2O3. The molecule has 0 aliphatic heterocycles. The van der Waals surface area contributed by atoms with Gasteiger partial charge < -0.3 is 15.0 Å². The number of nitrogens with one attached hydrogen (secondary N) is 1. The summed E-state index contributed by atoms with van der Waals surface area (Å²) >= 11 is 8.27. The maximum absolute atomic E-state index is 13.5. The molecule has 5 nitrogen and oxygen atoms in total. The molecule has 3 rings (SSSR count). The van der Waals surface area contributed by atoms with Crippen molar-refractivity contribution in [1.82, 2.24) is 10.2 Å². The van der Waals surface area contributed by atoms with E-state index in [-0.39, 0.29) is 31.0 Å². The van der Waals surface area contributed by atoms with Crippen LogP contribution >= 0.6 is 34.2 Å². The van der Waals surface area contributed by atoms with Crippen LogP contribution in [0.4, 0.5) is 0 Å². The van der Waals surface area contributed by atoms with Crippen LogP contribution < -0.4 is 10.1 Å². The number of benzene rings is 3. The number of rotatable bonds is 10. The molecule has 3 aromatic carbocycles. The normalized spacial score (nSPS) is 11.7. The smallest absolute Gasteiger partial charge is 0.261 e. The average Bonchev–Trinajstić information content (AvgIpc) is 2.82. The van der Waals surface area contributed by atoms with Crippen molar-refractivity contribution in [2.45, 2.75) is 38.9 Å². The van der Waals surface area contributed by atoms with E-state index in [1.54, 1.807) is 17.0 Å². The number of halogens is 2. The minimum absolute atomic E-state index is 0.0544. The van der Waals surface area contributed by atoms with Crippen molar-refractivity contribution in [3.63, 3.8) is 0 Å². The SMILES string of the molecule is CC(C)NC(=O)[C@@H](Cc1ccccc1)N(Cc1ccc(Cl)cc1)C(=O)COc1ccc(I)cc1. The summed E-state index contributed by atoms with van der Waals surface area (Å²) in [5, 5.41) is 3.59. The number of ether oxygens (including phenoxy) is 1. The number of hydrogen-bond acceptors (Lipinski definition) is 3. The first-order chi connectivity index (χ1) is 16.3. The third-order valence-corrected chi connectivity index (χ3v) is 6.12. The Balaban J connectivity index is 1.89. The number of nitrogens with zero attached hydrogens (tertiary/aromatic N) is 1. The Hall–Kier alpha value is -2.58. The third-order valence-electron chi connectivity index (χ3n) is 5.14. The first kappa shape index (κ1) is 26.0. The highest BCUT2D eigenvalue weighted by molar-refractivity contribution is 14.1. The molecule has 0 aliphatic rings. The zero-order valence-electron chi connectivity index (χ0n) is 19.2. The molecule has 0 radical (unpaired) electrons. The summed E-state index contributed by atoms with van der Waals surface area (Å²) in [5.41, 5.74) is 1.85. The quantitative estimate of drug-likeness (QED) is 0.318. The highest BCUT2D eigenvalue weighted by atomic mass is 127. The molecule has 2 amide bonds. The molecule has 178 valence electrons. The van der Waals surface area contributed by atoms with Gasteiger partial charge in [0.2, 0.25) is 5.91 Å². The Morgan fingerprint density at radius 1 is 0.941 bits per heavy atom. The van der Waals surface area contributed by atoms with Gasteiger partial charge in [0.25, 0.3) is 5.91 Å². The van der Waals surface area contributed by atoms with Crippen molar-refractivity contribution in [2.24, 2.45) is 0 Å². The van der Waals surface area contributed by atoms with Crippen LogP contribution in [0.5, 0.6) is 5.75 Å². The van der Waals surface area contributed by atoms with Crippen molar-refractivity contribution in [1.29, 1.82) is 0 Å². The van der Waals surface area contributed by atoms with Crippen molar-refractivity contribution < 1.29 is 14.3 Å². The average molecular weight is 591 g/mol. The largest absolute Gasteiger partial charge is 0.484 e. The Bertz CT molecular complexity index is 1070. The lowest BCUT2D eigenvalue weighted by Gasteiger charge is -2.32. The van der Waals surface area contributed by atoms with Gasteiger partial charge in [-0.2, -0.15) is 0 Å². The van der Waals surface area contributed by atoms with Gasteiger partial charge in [-0.1, -0.05) is 54.1 Å². The minimum atomic E-state index is -0.701. The third kappa shape index (κ3) is 8.02. The molecule has 1 atom stereocenters. The highest BCUT2D eigenvalue weighted by Gasteiger charge is 2.31. The summed E-state index contributed by atoms with van der Waals surface area (Å²) in [6.45, 7) is 3.90. The summed E-state index contributed by atoms with van der Waals surface area (Å²) in [4.78, 5) is 28.4. The van der Waals surface area contributed by atoms with Crippen LogP contribution in [0.25, 0.3) is 0 Å². The lowest BCUT2D eigenvalue weighted by atomic mass is 10.0. The van der Waals surface area contributed by atoms with E-state index in [0.717, 1.165) is 14.7 Å².